The van der Waals surface area contributed by atoms with Gasteiger partial charge in [-0.05, 0) is 62.2 Å². The summed E-state index contributed by atoms with van der Waals surface area (Å²) in [5.41, 5.74) is 2.49. The average Bonchev–Trinajstić information content (AvgIpc) is 3.63. The van der Waals surface area contributed by atoms with Gasteiger partial charge in [0.15, 0.2) is 11.5 Å². The Balaban J connectivity index is 0.717. The third-order valence-corrected chi connectivity index (χ3v) is 12.7. The standard InChI is InChI=1S/C42H51N5O5S2/c1-51-36-27-34-35(43-29-31-15-11-19-46(31)41(34)50)28-37(36)52-25-7-5-3-2-4-6-8-26-54-42(53)45-23-21-44(22-24-45)18-12-20-47-39(48)32-16-9-13-30-14-10-17-33(38(30)32)40(47)49/h9-10,13-14,16-17,27-29,31H,2-8,11-12,15,18-26H2,1H3/t31-/m0/s1. The van der Waals surface area contributed by atoms with Gasteiger partial charge in [-0.25, -0.2) is 0 Å². The summed E-state index contributed by atoms with van der Waals surface area (Å²) in [6, 6.07) is 15.0. The second kappa shape index (κ2) is 18.1. The lowest BCUT2D eigenvalue weighted by molar-refractivity contribution is 0.0600. The van der Waals surface area contributed by atoms with Crippen molar-refractivity contribution in [1.82, 2.24) is 19.6 Å². The number of thiocarbonyl (C=S) groups is 1. The SMILES string of the molecule is COc1cc2c(cc1OCCCCCCCCCSC(=S)N1CCN(CCCN3C(=O)c4cccc5cccc(c45)C3=O)CC1)N=C[C@@H]1CCCN1C2=O. The quantitative estimate of drug-likeness (QED) is 0.0830. The average molecular weight is 770 g/mol. The van der Waals surface area contributed by atoms with Gasteiger partial charge in [0, 0.05) is 73.8 Å². The lowest BCUT2D eigenvalue weighted by Gasteiger charge is -2.36. The number of aliphatic imine (C=N–C) groups is 1. The summed E-state index contributed by atoms with van der Waals surface area (Å²) in [6.45, 7) is 6.36. The first-order chi connectivity index (χ1) is 26.4. The molecule has 3 aromatic rings. The lowest BCUT2D eigenvalue weighted by atomic mass is 9.94. The Kier molecular flexibility index (Phi) is 12.8. The molecule has 1 atom stereocenters. The summed E-state index contributed by atoms with van der Waals surface area (Å²) >= 11 is 7.59. The van der Waals surface area contributed by atoms with Gasteiger partial charge >= 0.3 is 0 Å². The normalized spacial score (nSPS) is 18.3. The van der Waals surface area contributed by atoms with E-state index in [-0.39, 0.29) is 23.8 Å². The smallest absolute Gasteiger partial charge is 0.261 e. The molecule has 0 radical (unpaired) electrons. The van der Waals surface area contributed by atoms with Crippen LogP contribution >= 0.6 is 24.0 Å². The Morgan fingerprint density at radius 2 is 1.50 bits per heavy atom. The summed E-state index contributed by atoms with van der Waals surface area (Å²) < 4.78 is 12.7. The molecule has 4 aliphatic heterocycles. The maximum absolute atomic E-state index is 13.2. The molecule has 0 spiro atoms. The zero-order chi connectivity index (χ0) is 37.4. The highest BCUT2D eigenvalue weighted by Crippen LogP contribution is 2.38. The predicted octanol–water partition coefficient (Wildman–Crippen LogP) is 7.60. The molecule has 286 valence electrons. The van der Waals surface area contributed by atoms with Gasteiger partial charge in [-0.3, -0.25) is 29.2 Å². The van der Waals surface area contributed by atoms with Crippen LogP contribution in [0.25, 0.3) is 10.8 Å². The van der Waals surface area contributed by atoms with Crippen LogP contribution in [0.4, 0.5) is 5.69 Å². The van der Waals surface area contributed by atoms with Gasteiger partial charge in [0.2, 0.25) is 0 Å². The number of imide groups is 1. The third kappa shape index (κ3) is 8.61. The minimum Gasteiger partial charge on any atom is -0.493 e. The molecule has 7 rings (SSSR count). The first-order valence-corrected chi connectivity index (χ1v) is 21.0. The number of benzene rings is 3. The highest BCUT2D eigenvalue weighted by atomic mass is 32.2. The van der Waals surface area contributed by atoms with Crippen LogP contribution in [0.15, 0.2) is 53.5 Å². The molecule has 3 aromatic carbocycles. The Morgan fingerprint density at radius 3 is 2.22 bits per heavy atom. The number of piperazine rings is 1. The molecule has 0 unspecified atom stereocenters. The van der Waals surface area contributed by atoms with E-state index >= 15 is 0 Å². The molecule has 10 nitrogen and oxygen atoms in total. The monoisotopic (exact) mass is 769 g/mol. The number of thioether (sulfide) groups is 1. The van der Waals surface area contributed by atoms with Crippen LogP contribution in [0.1, 0.15) is 95.3 Å². The summed E-state index contributed by atoms with van der Waals surface area (Å²) in [5.74, 6) is 1.93. The fourth-order valence-electron chi connectivity index (χ4n) is 8.03. The molecule has 0 N–H and O–H groups in total. The van der Waals surface area contributed by atoms with Crippen LogP contribution in [0.5, 0.6) is 11.5 Å². The number of hydrogen-bond donors (Lipinski definition) is 0. The van der Waals surface area contributed by atoms with Gasteiger partial charge < -0.3 is 19.3 Å². The molecule has 54 heavy (non-hydrogen) atoms. The number of hydrogen-bond acceptors (Lipinski definition) is 9. The summed E-state index contributed by atoms with van der Waals surface area (Å²) in [5, 5.41) is 1.71. The second-order valence-electron chi connectivity index (χ2n) is 14.6. The number of rotatable bonds is 16. The number of amides is 3. The van der Waals surface area contributed by atoms with Gasteiger partial charge in [0.05, 0.1) is 31.0 Å². The van der Waals surface area contributed by atoms with Crippen LogP contribution in [-0.4, -0.2) is 119 Å². The molecule has 4 aliphatic rings. The van der Waals surface area contributed by atoms with E-state index in [9.17, 15) is 14.4 Å². The number of ether oxygens (including phenoxy) is 2. The topological polar surface area (TPSA) is 95.0 Å². The highest BCUT2D eigenvalue weighted by Gasteiger charge is 2.34. The molecule has 2 fully saturated rings. The number of nitrogens with zero attached hydrogens (tertiary/aromatic N) is 5. The van der Waals surface area contributed by atoms with Crippen LogP contribution in [0.2, 0.25) is 0 Å². The fraction of sp³-hybridized carbons (Fsp3) is 0.500. The summed E-state index contributed by atoms with van der Waals surface area (Å²) in [6.07, 6.45) is 12.7. The molecular weight excluding hydrogens is 719 g/mol. The Morgan fingerprint density at radius 1 is 0.796 bits per heavy atom. The second-order valence-corrected chi connectivity index (χ2v) is 16.3. The fourth-order valence-corrected chi connectivity index (χ4v) is 9.35. The lowest BCUT2D eigenvalue weighted by Crippen LogP contribution is -2.48. The minimum atomic E-state index is -0.186. The van der Waals surface area contributed by atoms with Crippen molar-refractivity contribution in [2.45, 2.75) is 70.3 Å². The van der Waals surface area contributed by atoms with E-state index < -0.39 is 0 Å². The number of methoxy groups -OCH3 is 1. The maximum atomic E-state index is 13.2. The Bertz CT molecular complexity index is 1840. The molecule has 0 aromatic heterocycles. The molecule has 0 saturated carbocycles. The van der Waals surface area contributed by atoms with Crippen molar-refractivity contribution in [1.29, 1.82) is 0 Å². The van der Waals surface area contributed by atoms with Crippen molar-refractivity contribution >= 4 is 68.7 Å². The van der Waals surface area contributed by atoms with Crippen molar-refractivity contribution in [3.8, 4) is 11.5 Å². The zero-order valence-electron chi connectivity index (χ0n) is 31.3. The van der Waals surface area contributed by atoms with Crippen molar-refractivity contribution in [2.24, 2.45) is 4.99 Å². The first-order valence-electron chi connectivity index (χ1n) is 19.6. The van der Waals surface area contributed by atoms with Crippen molar-refractivity contribution < 1.29 is 23.9 Å². The van der Waals surface area contributed by atoms with E-state index in [1.807, 2.05) is 53.6 Å². The Hall–Kier alpha value is -4.00. The molecular formula is C42H51N5O5S2. The van der Waals surface area contributed by atoms with Crippen LogP contribution in [0, 0.1) is 0 Å². The van der Waals surface area contributed by atoms with Crippen molar-refractivity contribution in [3.05, 3.63) is 65.2 Å². The van der Waals surface area contributed by atoms with Gasteiger partial charge in [-0.1, -0.05) is 80.3 Å². The van der Waals surface area contributed by atoms with Crippen molar-refractivity contribution in [3.63, 3.8) is 0 Å². The van der Waals surface area contributed by atoms with Gasteiger partial charge in [-0.15, -0.1) is 0 Å². The van der Waals surface area contributed by atoms with Gasteiger partial charge in [-0.2, -0.15) is 0 Å². The number of unbranched alkanes of at least 4 members (excludes halogenated alkanes) is 6. The van der Waals surface area contributed by atoms with E-state index in [4.69, 9.17) is 21.7 Å². The number of carbonyl (C=O) groups is 3. The van der Waals surface area contributed by atoms with Gasteiger partial charge in [0.1, 0.15) is 4.32 Å². The largest absolute Gasteiger partial charge is 0.493 e. The van der Waals surface area contributed by atoms with E-state index in [2.05, 4.69) is 14.8 Å². The Labute approximate surface area is 328 Å². The molecule has 4 heterocycles. The first kappa shape index (κ1) is 38.3. The highest BCUT2D eigenvalue weighted by molar-refractivity contribution is 8.22. The van der Waals surface area contributed by atoms with E-state index in [1.165, 1.54) is 37.0 Å². The van der Waals surface area contributed by atoms with Crippen LogP contribution < -0.4 is 9.47 Å². The summed E-state index contributed by atoms with van der Waals surface area (Å²) in [4.78, 5) is 52.2. The molecule has 12 heteroatoms. The third-order valence-electron chi connectivity index (χ3n) is 11.1. The summed E-state index contributed by atoms with van der Waals surface area (Å²) in [7, 11) is 1.61. The number of carbonyl (C=O) groups excluding carboxylic acids is 3. The zero-order valence-corrected chi connectivity index (χ0v) is 32.9. The van der Waals surface area contributed by atoms with Gasteiger partial charge in [0.25, 0.3) is 17.7 Å². The van der Waals surface area contributed by atoms with Crippen molar-refractivity contribution in [2.75, 3.05) is 65.3 Å². The molecule has 2 saturated heterocycles. The van der Waals surface area contributed by atoms with Crippen LogP contribution in [-0.2, 0) is 0 Å². The molecule has 0 bridgehead atoms. The number of fused-ring (bicyclic) bond motifs is 2. The molecule has 0 aliphatic carbocycles. The maximum Gasteiger partial charge on any atom is 0.261 e. The van der Waals surface area contributed by atoms with E-state index in [0.717, 1.165) is 92.2 Å². The van der Waals surface area contributed by atoms with E-state index in [0.29, 0.717) is 47.0 Å². The van der Waals surface area contributed by atoms with E-state index in [1.54, 1.807) is 24.9 Å². The minimum absolute atomic E-state index is 0.0222. The van der Waals surface area contributed by atoms with Crippen LogP contribution in [0.3, 0.4) is 0 Å². The predicted molar refractivity (Wildman–Crippen MR) is 220 cm³/mol. The molecule has 3 amide bonds.